The molecule has 1 atom stereocenters. The number of allylic oxidation sites excluding steroid dienone is 1. The third-order valence-electron chi connectivity index (χ3n) is 5.72. The second-order valence-corrected chi connectivity index (χ2v) is 9.22. The second kappa shape index (κ2) is 10.6. The Balaban J connectivity index is 1.99. The van der Waals surface area contributed by atoms with Crippen LogP contribution in [0.3, 0.4) is 0 Å². The highest BCUT2D eigenvalue weighted by atomic mass is 35.5. The lowest BCUT2D eigenvalue weighted by Crippen LogP contribution is -2.40. The van der Waals surface area contributed by atoms with Gasteiger partial charge in [0.2, 0.25) is 0 Å². The summed E-state index contributed by atoms with van der Waals surface area (Å²) >= 11 is 7.50. The number of benzene rings is 2. The van der Waals surface area contributed by atoms with Crippen molar-refractivity contribution in [3.63, 3.8) is 0 Å². The van der Waals surface area contributed by atoms with Crippen LogP contribution in [0.1, 0.15) is 31.0 Å². The highest BCUT2D eigenvalue weighted by molar-refractivity contribution is 7.07. The molecule has 4 rings (SSSR count). The van der Waals surface area contributed by atoms with Gasteiger partial charge in [-0.2, -0.15) is 0 Å². The van der Waals surface area contributed by atoms with E-state index in [0.717, 1.165) is 5.56 Å². The Morgan fingerprint density at radius 1 is 1.11 bits per heavy atom. The summed E-state index contributed by atoms with van der Waals surface area (Å²) in [5, 5.41) is 0.429. The smallest absolute Gasteiger partial charge is 0.338 e. The summed E-state index contributed by atoms with van der Waals surface area (Å²) in [6.07, 6.45) is 1.73. The van der Waals surface area contributed by atoms with Crippen LogP contribution in [0.4, 0.5) is 0 Å². The van der Waals surface area contributed by atoms with Gasteiger partial charge in [-0.25, -0.2) is 9.79 Å². The first-order valence-corrected chi connectivity index (χ1v) is 12.3. The number of aromatic nitrogens is 1. The van der Waals surface area contributed by atoms with Crippen molar-refractivity contribution in [2.75, 3.05) is 27.9 Å². The van der Waals surface area contributed by atoms with Gasteiger partial charge >= 0.3 is 5.97 Å². The average Bonchev–Trinajstić information content (AvgIpc) is 3.17. The fraction of sp³-hybridized carbons (Fsp3) is 0.269. The molecule has 1 unspecified atom stereocenters. The van der Waals surface area contributed by atoms with Gasteiger partial charge in [0.15, 0.2) is 4.80 Å². The Bertz CT molecular complexity index is 1540. The average molecular weight is 529 g/mol. The highest BCUT2D eigenvalue weighted by Crippen LogP contribution is 2.37. The molecule has 1 aliphatic heterocycles. The largest absolute Gasteiger partial charge is 0.497 e. The Morgan fingerprint density at radius 3 is 2.47 bits per heavy atom. The molecular weight excluding hydrogens is 504 g/mol. The Kier molecular flexibility index (Phi) is 7.51. The molecule has 0 spiro atoms. The van der Waals surface area contributed by atoms with Crippen LogP contribution in [0.5, 0.6) is 17.2 Å². The summed E-state index contributed by atoms with van der Waals surface area (Å²) in [5.74, 6) is 1.03. The summed E-state index contributed by atoms with van der Waals surface area (Å²) in [4.78, 5) is 31.9. The van der Waals surface area contributed by atoms with Gasteiger partial charge in [-0.15, -0.1) is 0 Å². The number of hydrogen-bond acceptors (Lipinski definition) is 8. The number of methoxy groups -OCH3 is 3. The van der Waals surface area contributed by atoms with E-state index in [4.69, 9.17) is 30.5 Å². The predicted octanol–water partition coefficient (Wildman–Crippen LogP) is 3.48. The third-order valence-corrected chi connectivity index (χ3v) is 7.00. The van der Waals surface area contributed by atoms with Gasteiger partial charge in [0.1, 0.15) is 23.3 Å². The van der Waals surface area contributed by atoms with Gasteiger partial charge < -0.3 is 18.9 Å². The molecule has 0 radical (unpaired) electrons. The third kappa shape index (κ3) is 4.64. The van der Waals surface area contributed by atoms with E-state index in [0.29, 0.717) is 42.9 Å². The van der Waals surface area contributed by atoms with Crippen LogP contribution in [0.25, 0.3) is 6.08 Å². The van der Waals surface area contributed by atoms with E-state index in [2.05, 4.69) is 4.99 Å². The Hall–Kier alpha value is -3.56. The van der Waals surface area contributed by atoms with Crippen molar-refractivity contribution in [1.29, 1.82) is 0 Å². The first-order chi connectivity index (χ1) is 17.3. The lowest BCUT2D eigenvalue weighted by Gasteiger charge is -2.26. The fourth-order valence-electron chi connectivity index (χ4n) is 4.06. The monoisotopic (exact) mass is 528 g/mol. The van der Waals surface area contributed by atoms with Crippen LogP contribution >= 0.6 is 22.9 Å². The topological polar surface area (TPSA) is 88.4 Å². The summed E-state index contributed by atoms with van der Waals surface area (Å²) in [6, 6.07) is 9.67. The molecular formula is C26H25ClN2O6S. The van der Waals surface area contributed by atoms with Crippen molar-refractivity contribution < 1.29 is 23.7 Å². The van der Waals surface area contributed by atoms with Crippen LogP contribution in [0.15, 0.2) is 57.5 Å². The number of halogens is 1. The minimum Gasteiger partial charge on any atom is -0.497 e. The molecule has 36 heavy (non-hydrogen) atoms. The van der Waals surface area contributed by atoms with Crippen molar-refractivity contribution >= 4 is 35.0 Å². The van der Waals surface area contributed by atoms with Crippen molar-refractivity contribution in [3.05, 3.63) is 83.5 Å². The van der Waals surface area contributed by atoms with Gasteiger partial charge in [-0.3, -0.25) is 9.36 Å². The normalized spacial score (nSPS) is 15.3. The number of nitrogens with zero attached hydrogens (tertiary/aromatic N) is 2. The number of ether oxygens (including phenoxy) is 4. The van der Waals surface area contributed by atoms with Gasteiger partial charge in [0.05, 0.1) is 48.8 Å². The molecule has 2 heterocycles. The number of rotatable bonds is 7. The lowest BCUT2D eigenvalue weighted by atomic mass is 9.94. The molecule has 2 aromatic carbocycles. The summed E-state index contributed by atoms with van der Waals surface area (Å²) in [6.45, 7) is 3.64. The van der Waals surface area contributed by atoms with Gasteiger partial charge in [0, 0.05) is 5.56 Å². The Morgan fingerprint density at radius 2 is 1.83 bits per heavy atom. The second-order valence-electron chi connectivity index (χ2n) is 7.80. The zero-order valence-electron chi connectivity index (χ0n) is 20.5. The van der Waals surface area contributed by atoms with E-state index >= 15 is 0 Å². The van der Waals surface area contributed by atoms with Crippen LogP contribution < -0.4 is 29.1 Å². The van der Waals surface area contributed by atoms with Crippen LogP contribution in [0.2, 0.25) is 5.02 Å². The number of thiazole rings is 1. The maximum Gasteiger partial charge on any atom is 0.338 e. The molecule has 0 fully saturated rings. The van der Waals surface area contributed by atoms with E-state index < -0.39 is 12.0 Å². The first kappa shape index (κ1) is 25.5. The van der Waals surface area contributed by atoms with Crippen molar-refractivity contribution in [3.8, 4) is 17.2 Å². The summed E-state index contributed by atoms with van der Waals surface area (Å²) < 4.78 is 23.5. The lowest BCUT2D eigenvalue weighted by molar-refractivity contribution is -0.139. The molecule has 188 valence electrons. The van der Waals surface area contributed by atoms with Gasteiger partial charge in [0.25, 0.3) is 5.56 Å². The maximum atomic E-state index is 13.8. The van der Waals surface area contributed by atoms with Crippen LogP contribution in [-0.2, 0) is 9.53 Å². The zero-order valence-corrected chi connectivity index (χ0v) is 22.0. The molecule has 10 heteroatoms. The molecule has 8 nitrogen and oxygen atoms in total. The van der Waals surface area contributed by atoms with Crippen molar-refractivity contribution in [2.45, 2.75) is 19.9 Å². The quantitative estimate of drug-likeness (QED) is 0.436. The fourth-order valence-corrected chi connectivity index (χ4v) is 5.38. The predicted molar refractivity (Wildman–Crippen MR) is 138 cm³/mol. The highest BCUT2D eigenvalue weighted by Gasteiger charge is 2.35. The molecule has 3 aromatic rings. The van der Waals surface area contributed by atoms with Crippen LogP contribution in [-0.4, -0.2) is 38.5 Å². The zero-order chi connectivity index (χ0) is 26.0. The van der Waals surface area contributed by atoms with Gasteiger partial charge in [-0.1, -0.05) is 29.0 Å². The van der Waals surface area contributed by atoms with E-state index in [1.54, 1.807) is 63.4 Å². The maximum absolute atomic E-state index is 13.8. The number of fused-ring (bicyclic) bond motifs is 1. The minimum absolute atomic E-state index is 0.181. The SMILES string of the molecule is CCOC(=O)C1=C(C)N=c2sc(=Cc3ccc(OC)c(Cl)c3)c(=O)n2C1c1cc(OC)ccc1OC. The first-order valence-electron chi connectivity index (χ1n) is 11.1. The molecule has 1 aliphatic rings. The number of carbonyl (C=O) groups excluding carboxylic acids is 1. The van der Waals surface area contributed by atoms with E-state index in [1.165, 1.54) is 30.1 Å². The number of carbonyl (C=O) groups is 1. The molecule has 0 saturated heterocycles. The van der Waals surface area contributed by atoms with Crippen molar-refractivity contribution in [2.24, 2.45) is 4.99 Å². The molecule has 0 N–H and O–H groups in total. The standard InChI is InChI=1S/C26H25ClN2O6S/c1-6-35-25(31)22-14(2)28-26-29(23(22)17-13-16(32-3)8-10-19(17)33-4)24(30)21(36-26)12-15-7-9-20(34-5)18(27)11-15/h7-13,23H,6H2,1-5H3. The summed E-state index contributed by atoms with van der Waals surface area (Å²) in [5.41, 5.74) is 1.71. The van der Waals surface area contributed by atoms with E-state index in [9.17, 15) is 9.59 Å². The molecule has 0 saturated carbocycles. The minimum atomic E-state index is -0.827. The van der Waals surface area contributed by atoms with Crippen LogP contribution in [0, 0.1) is 0 Å². The van der Waals surface area contributed by atoms with E-state index in [1.807, 2.05) is 0 Å². The number of hydrogen-bond donors (Lipinski definition) is 0. The van der Waals surface area contributed by atoms with Gasteiger partial charge in [-0.05, 0) is 55.8 Å². The summed E-state index contributed by atoms with van der Waals surface area (Å²) in [7, 11) is 4.61. The van der Waals surface area contributed by atoms with E-state index in [-0.39, 0.29) is 17.7 Å². The molecule has 0 bridgehead atoms. The Labute approximate surface area is 216 Å². The van der Waals surface area contributed by atoms with Crippen molar-refractivity contribution in [1.82, 2.24) is 4.57 Å². The number of esters is 1. The molecule has 1 aromatic heterocycles. The molecule has 0 amide bonds. The molecule has 0 aliphatic carbocycles.